The van der Waals surface area contributed by atoms with Crippen LogP contribution in [0.5, 0.6) is 0 Å². The van der Waals surface area contributed by atoms with Crippen LogP contribution in [-0.4, -0.2) is 37.4 Å². The Morgan fingerprint density at radius 3 is 1.24 bits per heavy atom. The first kappa shape index (κ1) is 36.4. The summed E-state index contributed by atoms with van der Waals surface area (Å²) in [6.07, 6.45) is -2.44. The van der Waals surface area contributed by atoms with Crippen LogP contribution in [0.2, 0.25) is 0 Å². The van der Waals surface area contributed by atoms with E-state index < -0.39 is 24.3 Å². The van der Waals surface area contributed by atoms with Crippen molar-refractivity contribution in [3.05, 3.63) is 108 Å². The number of carboxylic acid groups (broad SMARTS) is 2. The van der Waals surface area contributed by atoms with Gasteiger partial charge in [-0.3, -0.25) is 0 Å². The zero-order valence-corrected chi connectivity index (χ0v) is 26.0. The predicted molar refractivity (Wildman–Crippen MR) is 166 cm³/mol. The van der Waals surface area contributed by atoms with E-state index in [0.29, 0.717) is 0 Å². The number of alkyl halides is 6. The minimum absolute atomic E-state index is 0.859. The molecule has 3 aromatic carbocycles. The van der Waals surface area contributed by atoms with Gasteiger partial charge in [-0.2, -0.15) is 35.5 Å². The minimum Gasteiger partial charge on any atom is -0.542 e. The van der Waals surface area contributed by atoms with Crippen molar-refractivity contribution in [3.63, 3.8) is 0 Å². The Morgan fingerprint density at radius 2 is 0.898 bits per heavy atom. The van der Waals surface area contributed by atoms with Crippen molar-refractivity contribution in [1.82, 2.24) is 0 Å². The third-order valence-corrected chi connectivity index (χ3v) is 7.53. The smallest absolute Gasteiger partial charge is 0.430 e. The highest BCUT2D eigenvalue weighted by molar-refractivity contribution is 5.89. The third kappa shape index (κ3) is 10.3. The molecule has 8 nitrogen and oxygen atoms in total. The fourth-order valence-electron chi connectivity index (χ4n) is 5.17. The van der Waals surface area contributed by atoms with Gasteiger partial charge in [-0.25, -0.2) is 0 Å². The van der Waals surface area contributed by atoms with Gasteiger partial charge in [0.1, 0.15) is 11.9 Å². The number of nitrogens with one attached hydrogen (secondary N) is 2. The SMILES string of the molecule is O=C([O-])C(F)(F)F.O=C([O-])C(F)(F)F.c1ccc2c(c1)c1cc[n+]2Cc2ccc(cc2)C[n+]2ccc(c3ccccc32)NCCCCCN1. The number of hydrogen-bond donors (Lipinski definition) is 2. The Balaban J connectivity index is 0.000000327. The maximum atomic E-state index is 10.5. The van der Waals surface area contributed by atoms with Crippen LogP contribution in [0.25, 0.3) is 21.8 Å². The van der Waals surface area contributed by atoms with Crippen molar-refractivity contribution < 1.29 is 55.3 Å². The van der Waals surface area contributed by atoms with Gasteiger partial charge in [0.25, 0.3) is 0 Å². The van der Waals surface area contributed by atoms with Crippen LogP contribution in [0.1, 0.15) is 30.4 Å². The van der Waals surface area contributed by atoms with Crippen LogP contribution in [-0.2, 0) is 22.7 Å². The summed E-state index contributed by atoms with van der Waals surface area (Å²) in [6.45, 7) is 3.70. The molecule has 0 amide bonds. The van der Waals surface area contributed by atoms with Crippen molar-refractivity contribution in [2.24, 2.45) is 0 Å². The lowest BCUT2D eigenvalue weighted by molar-refractivity contribution is -0.662. The molecule has 0 saturated heterocycles. The van der Waals surface area contributed by atoms with Crippen LogP contribution in [0.3, 0.4) is 0 Å². The van der Waals surface area contributed by atoms with Gasteiger partial charge in [0.05, 0.1) is 22.1 Å². The van der Waals surface area contributed by atoms with Crippen molar-refractivity contribution in [2.75, 3.05) is 23.7 Å². The molecular weight excluding hydrogens is 654 g/mol. The molecule has 2 aromatic heterocycles. The third-order valence-electron chi connectivity index (χ3n) is 7.53. The number of pyridine rings is 2. The van der Waals surface area contributed by atoms with E-state index in [0.717, 1.165) is 39.0 Å². The topological polar surface area (TPSA) is 112 Å². The molecule has 0 atom stereocenters. The summed E-state index contributed by atoms with van der Waals surface area (Å²) in [5, 5.41) is 27.5. The van der Waals surface area contributed by atoms with Gasteiger partial charge < -0.3 is 30.4 Å². The van der Waals surface area contributed by atoms with E-state index in [1.165, 1.54) is 50.7 Å². The van der Waals surface area contributed by atoms with Gasteiger partial charge in [-0.1, -0.05) is 48.5 Å². The highest BCUT2D eigenvalue weighted by atomic mass is 19.4. The molecule has 14 heteroatoms. The predicted octanol–water partition coefficient (Wildman–Crippen LogP) is 4.27. The number of aromatic nitrogens is 2. The summed E-state index contributed by atoms with van der Waals surface area (Å²) in [5.74, 6) is -6.01. The lowest BCUT2D eigenvalue weighted by Crippen LogP contribution is -2.37. The first-order valence-electron chi connectivity index (χ1n) is 15.2. The Kier molecular flexibility index (Phi) is 12.0. The molecular formula is C35H32F6N4O4. The Bertz CT molecular complexity index is 1760. The van der Waals surface area contributed by atoms with Crippen molar-refractivity contribution >= 4 is 45.1 Å². The Morgan fingerprint density at radius 1 is 0.551 bits per heavy atom. The standard InChI is InChI=1S/C31H30N4.2C2HF3O2/c1-6-18-32-28-16-20-34(30-10-4-2-8-26(28)30)22-24-12-14-25(15-13-24)23-35-21-17-29(33-19-7-1)27-9-3-5-11-31(27)35;2*3-2(4,5)1(6)7/h2-5,8-17,20-21H,1,6-7,18-19,22-23H2;2*(H,6,7). The summed E-state index contributed by atoms with van der Waals surface area (Å²) in [6, 6.07) is 31.0. The molecule has 5 heterocycles. The number of aliphatic carboxylic acids is 2. The molecule has 6 bridgehead atoms. The molecule has 3 aliphatic heterocycles. The monoisotopic (exact) mass is 686 g/mol. The number of carbonyl (C=O) groups excluding carboxylic acids is 2. The normalized spacial score (nSPS) is 13.6. The van der Waals surface area contributed by atoms with Gasteiger partial charge in [-0.05, 0) is 31.4 Å². The number of hydrogen-bond acceptors (Lipinski definition) is 6. The molecule has 5 aromatic rings. The fraction of sp³-hybridized carbons (Fsp3) is 0.257. The average Bonchev–Trinajstić information content (AvgIpc) is 3.06. The van der Waals surface area contributed by atoms with Crippen LogP contribution in [0.15, 0.2) is 97.3 Å². The summed E-state index contributed by atoms with van der Waals surface area (Å²) in [5.41, 5.74) is 7.59. The number of carboxylic acids is 2. The maximum absolute atomic E-state index is 10.5. The van der Waals surface area contributed by atoms with E-state index in [1.54, 1.807) is 0 Å². The van der Waals surface area contributed by atoms with E-state index in [1.807, 2.05) is 0 Å². The average molecular weight is 687 g/mol. The van der Waals surface area contributed by atoms with Gasteiger partial charge in [0, 0.05) is 48.5 Å². The van der Waals surface area contributed by atoms with Crippen LogP contribution in [0, 0.1) is 0 Å². The molecule has 0 fully saturated rings. The molecule has 2 N–H and O–H groups in total. The Hall–Kier alpha value is -5.40. The number of nitrogens with zero attached hydrogens (tertiary/aromatic N) is 2. The van der Waals surface area contributed by atoms with Crippen molar-refractivity contribution in [2.45, 2.75) is 44.7 Å². The van der Waals surface area contributed by atoms with Crippen molar-refractivity contribution in [3.8, 4) is 0 Å². The summed E-state index contributed by atoms with van der Waals surface area (Å²) in [7, 11) is 0. The lowest BCUT2D eigenvalue weighted by Gasteiger charge is -2.11. The zero-order valence-electron chi connectivity index (χ0n) is 26.0. The van der Waals surface area contributed by atoms with E-state index >= 15 is 0 Å². The van der Waals surface area contributed by atoms with Crippen LogP contribution < -0.4 is 30.0 Å². The van der Waals surface area contributed by atoms with Crippen LogP contribution >= 0.6 is 0 Å². The first-order valence-corrected chi connectivity index (χ1v) is 15.2. The molecule has 3 aliphatic rings. The summed E-state index contributed by atoms with van der Waals surface area (Å²) in [4.78, 5) is 17.6. The van der Waals surface area contributed by atoms with Gasteiger partial charge in [0.2, 0.25) is 11.0 Å². The summed E-state index contributed by atoms with van der Waals surface area (Å²) >= 11 is 0. The van der Waals surface area contributed by atoms with E-state index in [-0.39, 0.29) is 0 Å². The number of halogens is 6. The molecule has 8 rings (SSSR count). The largest absolute Gasteiger partial charge is 0.542 e. The second-order valence-corrected chi connectivity index (χ2v) is 11.1. The van der Waals surface area contributed by atoms with Gasteiger partial charge in [-0.15, -0.1) is 0 Å². The number of fused-ring (bicyclic) bond motifs is 2. The second kappa shape index (κ2) is 16.1. The number of benzene rings is 3. The quantitative estimate of drug-likeness (QED) is 0.186. The van der Waals surface area contributed by atoms with E-state index in [4.69, 9.17) is 19.8 Å². The molecule has 258 valence electrons. The Labute approximate surface area is 277 Å². The highest BCUT2D eigenvalue weighted by Gasteiger charge is 2.29. The summed E-state index contributed by atoms with van der Waals surface area (Å²) < 4.78 is 67.8. The molecule has 0 aliphatic carbocycles. The minimum atomic E-state index is -5.19. The molecule has 0 radical (unpaired) electrons. The fourth-order valence-corrected chi connectivity index (χ4v) is 5.17. The molecule has 0 spiro atoms. The van der Waals surface area contributed by atoms with Crippen molar-refractivity contribution in [1.29, 1.82) is 0 Å². The van der Waals surface area contributed by atoms with Gasteiger partial charge in [0.15, 0.2) is 25.5 Å². The maximum Gasteiger partial charge on any atom is 0.430 e. The second-order valence-electron chi connectivity index (χ2n) is 11.1. The number of anilines is 2. The lowest BCUT2D eigenvalue weighted by atomic mass is 10.1. The zero-order chi connectivity index (χ0) is 35.6. The highest BCUT2D eigenvalue weighted by Crippen LogP contribution is 2.23. The number of carbonyl (C=O) groups is 2. The van der Waals surface area contributed by atoms with E-state index in [9.17, 15) is 26.3 Å². The number of rotatable bonds is 0. The molecule has 0 saturated carbocycles. The van der Waals surface area contributed by atoms with Gasteiger partial charge >= 0.3 is 12.4 Å². The van der Waals surface area contributed by atoms with E-state index in [2.05, 4.69) is 117 Å². The number of para-hydroxylation sites is 2. The van der Waals surface area contributed by atoms with Crippen LogP contribution in [0.4, 0.5) is 37.7 Å². The molecule has 0 unspecified atom stereocenters. The first-order chi connectivity index (χ1) is 23.2. The molecule has 49 heavy (non-hydrogen) atoms.